The van der Waals surface area contributed by atoms with Gasteiger partial charge in [-0.2, -0.15) is 0 Å². The fraction of sp³-hybridized carbons (Fsp3) is 0.464. The number of aryl methyl sites for hydroxylation is 2. The number of ether oxygens (including phenoxy) is 1. The number of allylic oxidation sites excluding steroid dienone is 1. The zero-order valence-electron chi connectivity index (χ0n) is 19.7. The summed E-state index contributed by atoms with van der Waals surface area (Å²) in [6, 6.07) is 14.4. The molecule has 0 radical (unpaired) electrons. The smallest absolute Gasteiger partial charge is 0.248 e. The van der Waals surface area contributed by atoms with Crippen molar-refractivity contribution in [3.8, 4) is 5.75 Å². The summed E-state index contributed by atoms with van der Waals surface area (Å²) < 4.78 is 6.22. The van der Waals surface area contributed by atoms with Gasteiger partial charge < -0.3 is 15.4 Å². The van der Waals surface area contributed by atoms with E-state index >= 15 is 0 Å². The quantitative estimate of drug-likeness (QED) is 0.446. The molecule has 0 saturated heterocycles. The molecule has 0 spiro atoms. The van der Waals surface area contributed by atoms with Gasteiger partial charge in [-0.05, 0) is 68.7 Å². The molecule has 4 nitrogen and oxygen atoms in total. The number of benzene rings is 2. The Morgan fingerprint density at radius 2 is 2.16 bits per heavy atom. The molecule has 0 aromatic heterocycles. The highest BCUT2D eigenvalue weighted by atomic mass is 16.5. The van der Waals surface area contributed by atoms with Crippen molar-refractivity contribution in [2.45, 2.75) is 52.4 Å². The van der Waals surface area contributed by atoms with Crippen LogP contribution in [0.25, 0.3) is 0 Å². The summed E-state index contributed by atoms with van der Waals surface area (Å²) in [4.78, 5) is 14.2. The van der Waals surface area contributed by atoms with Crippen molar-refractivity contribution in [1.29, 1.82) is 0 Å². The van der Waals surface area contributed by atoms with E-state index in [0.29, 0.717) is 24.0 Å². The summed E-state index contributed by atoms with van der Waals surface area (Å²) in [5, 5.41) is 0. The van der Waals surface area contributed by atoms with Crippen LogP contribution in [-0.2, 0) is 6.42 Å². The van der Waals surface area contributed by atoms with E-state index in [0.717, 1.165) is 63.1 Å². The second kappa shape index (κ2) is 11.8. The van der Waals surface area contributed by atoms with Gasteiger partial charge >= 0.3 is 0 Å². The fourth-order valence-corrected chi connectivity index (χ4v) is 4.62. The number of nitrogens with zero attached hydrogens (tertiary/aromatic N) is 1. The predicted octanol–water partition coefficient (Wildman–Crippen LogP) is 5.92. The number of rotatable bonds is 11. The van der Waals surface area contributed by atoms with Crippen LogP contribution < -0.4 is 15.4 Å². The van der Waals surface area contributed by atoms with Crippen LogP contribution in [0, 0.1) is 18.8 Å². The predicted molar refractivity (Wildman–Crippen MR) is 133 cm³/mol. The van der Waals surface area contributed by atoms with Crippen LogP contribution in [-0.4, -0.2) is 25.6 Å². The van der Waals surface area contributed by atoms with Crippen molar-refractivity contribution in [3.63, 3.8) is 0 Å². The van der Waals surface area contributed by atoms with Crippen molar-refractivity contribution in [2.24, 2.45) is 17.6 Å². The summed E-state index contributed by atoms with van der Waals surface area (Å²) in [5.74, 6) is 1.53. The third kappa shape index (κ3) is 6.62. The number of amides is 1. The van der Waals surface area contributed by atoms with Gasteiger partial charge in [0.25, 0.3) is 0 Å². The lowest BCUT2D eigenvalue weighted by molar-refractivity contribution is 0.100. The highest BCUT2D eigenvalue weighted by Crippen LogP contribution is 2.35. The third-order valence-corrected chi connectivity index (χ3v) is 6.58. The van der Waals surface area contributed by atoms with Gasteiger partial charge in [0.15, 0.2) is 0 Å². The van der Waals surface area contributed by atoms with Crippen molar-refractivity contribution in [3.05, 3.63) is 71.8 Å². The van der Waals surface area contributed by atoms with E-state index in [4.69, 9.17) is 10.5 Å². The SMILES string of the molecule is C=CC[C@H](CC)CCN1CC(CCCc2cccc(C)c2)COc2ccc(C(N)=O)cc21. The Morgan fingerprint density at radius 3 is 2.88 bits per heavy atom. The normalized spacial score (nSPS) is 16.6. The molecular weight excluding hydrogens is 396 g/mol. The van der Waals surface area contributed by atoms with Crippen LogP contribution in [0.1, 0.15) is 60.5 Å². The molecular formula is C28H38N2O2. The molecule has 0 bridgehead atoms. The molecule has 0 saturated carbocycles. The Labute approximate surface area is 193 Å². The first-order valence-electron chi connectivity index (χ1n) is 12.0. The Kier molecular flexibility index (Phi) is 8.78. The maximum Gasteiger partial charge on any atom is 0.248 e. The zero-order chi connectivity index (χ0) is 22.9. The average Bonchev–Trinajstić information content (AvgIpc) is 2.95. The maximum atomic E-state index is 11.8. The van der Waals surface area contributed by atoms with E-state index in [9.17, 15) is 4.79 Å². The van der Waals surface area contributed by atoms with E-state index in [-0.39, 0.29) is 0 Å². The monoisotopic (exact) mass is 434 g/mol. The van der Waals surface area contributed by atoms with Gasteiger partial charge in [0, 0.05) is 24.6 Å². The summed E-state index contributed by atoms with van der Waals surface area (Å²) in [6.07, 6.45) is 8.65. The van der Waals surface area contributed by atoms with Gasteiger partial charge in [-0.3, -0.25) is 4.79 Å². The van der Waals surface area contributed by atoms with Crippen LogP contribution in [0.3, 0.4) is 0 Å². The molecule has 0 fully saturated rings. The van der Waals surface area contributed by atoms with Crippen molar-refractivity contribution >= 4 is 11.6 Å². The topological polar surface area (TPSA) is 55.6 Å². The standard InChI is InChI=1S/C28H38N2O2/c1-4-8-22(5-2)15-16-30-19-24(12-7-11-23-10-6-9-21(3)17-23)20-32-27-14-13-25(28(29)31)18-26(27)30/h4,6,9-10,13-14,17-18,22,24H,1,5,7-8,11-12,15-16,19-20H2,2-3H3,(H2,29,31)/t22-,24?/m0/s1. The van der Waals surface area contributed by atoms with Gasteiger partial charge in [0.2, 0.25) is 5.91 Å². The summed E-state index contributed by atoms with van der Waals surface area (Å²) >= 11 is 0. The summed E-state index contributed by atoms with van der Waals surface area (Å²) in [7, 11) is 0. The molecule has 1 aliphatic heterocycles. The molecule has 172 valence electrons. The third-order valence-electron chi connectivity index (χ3n) is 6.58. The first kappa shape index (κ1) is 23.9. The van der Waals surface area contributed by atoms with E-state index in [1.165, 1.54) is 11.1 Å². The van der Waals surface area contributed by atoms with Gasteiger partial charge in [0.05, 0.1) is 12.3 Å². The van der Waals surface area contributed by atoms with Crippen LogP contribution in [0.4, 0.5) is 5.69 Å². The van der Waals surface area contributed by atoms with E-state index < -0.39 is 5.91 Å². The number of hydrogen-bond acceptors (Lipinski definition) is 3. The minimum Gasteiger partial charge on any atom is -0.491 e. The Morgan fingerprint density at radius 1 is 1.31 bits per heavy atom. The number of hydrogen-bond donors (Lipinski definition) is 1. The highest BCUT2D eigenvalue weighted by molar-refractivity contribution is 5.94. The number of carbonyl (C=O) groups excluding carboxylic acids is 1. The molecule has 3 rings (SSSR count). The molecule has 2 atom stereocenters. The molecule has 2 aromatic rings. The number of fused-ring (bicyclic) bond motifs is 1. The number of primary amides is 1. The largest absolute Gasteiger partial charge is 0.491 e. The molecule has 1 aliphatic rings. The molecule has 4 heteroatoms. The Balaban J connectivity index is 1.71. The zero-order valence-corrected chi connectivity index (χ0v) is 19.7. The van der Waals surface area contributed by atoms with Crippen LogP contribution in [0.2, 0.25) is 0 Å². The number of carbonyl (C=O) groups is 1. The van der Waals surface area contributed by atoms with Crippen LogP contribution in [0.5, 0.6) is 5.75 Å². The first-order chi connectivity index (χ1) is 15.5. The minimum atomic E-state index is -0.398. The van der Waals surface area contributed by atoms with E-state index in [2.05, 4.69) is 49.6 Å². The molecule has 32 heavy (non-hydrogen) atoms. The van der Waals surface area contributed by atoms with Crippen LogP contribution in [0.15, 0.2) is 55.1 Å². The van der Waals surface area contributed by atoms with Gasteiger partial charge in [0.1, 0.15) is 5.75 Å². The van der Waals surface area contributed by atoms with Crippen molar-refractivity contribution < 1.29 is 9.53 Å². The number of anilines is 1. The second-order valence-corrected chi connectivity index (χ2v) is 9.14. The molecule has 1 heterocycles. The van der Waals surface area contributed by atoms with Crippen molar-refractivity contribution in [2.75, 3.05) is 24.6 Å². The van der Waals surface area contributed by atoms with Gasteiger partial charge in [-0.15, -0.1) is 6.58 Å². The highest BCUT2D eigenvalue weighted by Gasteiger charge is 2.24. The van der Waals surface area contributed by atoms with E-state index in [1.54, 1.807) is 6.07 Å². The number of nitrogens with two attached hydrogens (primary N) is 1. The summed E-state index contributed by atoms with van der Waals surface area (Å²) in [6.45, 7) is 10.9. The summed E-state index contributed by atoms with van der Waals surface area (Å²) in [5.41, 5.74) is 9.82. The Hall–Kier alpha value is -2.75. The minimum absolute atomic E-state index is 0.398. The average molecular weight is 435 g/mol. The van der Waals surface area contributed by atoms with Gasteiger partial charge in [-0.25, -0.2) is 0 Å². The fourth-order valence-electron chi connectivity index (χ4n) is 4.62. The van der Waals surface area contributed by atoms with Gasteiger partial charge in [-0.1, -0.05) is 49.2 Å². The lowest BCUT2D eigenvalue weighted by atomic mass is 9.96. The lowest BCUT2D eigenvalue weighted by Gasteiger charge is -2.28. The van der Waals surface area contributed by atoms with Crippen molar-refractivity contribution in [1.82, 2.24) is 0 Å². The molecule has 2 N–H and O–H groups in total. The second-order valence-electron chi connectivity index (χ2n) is 9.14. The molecule has 1 unspecified atom stereocenters. The molecule has 1 amide bonds. The van der Waals surface area contributed by atoms with Crippen LogP contribution >= 0.6 is 0 Å². The van der Waals surface area contributed by atoms with E-state index in [1.807, 2.05) is 18.2 Å². The molecule has 2 aromatic carbocycles. The Bertz CT molecular complexity index is 908. The first-order valence-corrected chi connectivity index (χ1v) is 12.0. The molecule has 0 aliphatic carbocycles. The maximum absolute atomic E-state index is 11.8. The lowest BCUT2D eigenvalue weighted by Crippen LogP contribution is -2.32.